The van der Waals surface area contributed by atoms with E-state index in [1.165, 1.54) is 6.07 Å². The van der Waals surface area contributed by atoms with Gasteiger partial charge in [0.05, 0.1) is 5.56 Å². The Bertz CT molecular complexity index is 1260. The van der Waals surface area contributed by atoms with Gasteiger partial charge in [0.2, 0.25) is 11.8 Å². The SMILES string of the molecule is CCn1ccc(-c2nc(O)c(Cc3ccc(-c4ccc(F)nc4C)cc3)c(=O)[nH]2)n1. The predicted octanol–water partition coefficient (Wildman–Crippen LogP) is 3.46. The number of rotatable bonds is 5. The molecule has 4 rings (SSSR count). The van der Waals surface area contributed by atoms with E-state index in [-0.39, 0.29) is 23.7 Å². The van der Waals surface area contributed by atoms with Gasteiger partial charge in [-0.2, -0.15) is 14.5 Å². The van der Waals surface area contributed by atoms with Gasteiger partial charge in [0.25, 0.3) is 5.56 Å². The third-order valence-corrected chi connectivity index (χ3v) is 4.90. The Hall–Kier alpha value is -3.81. The van der Waals surface area contributed by atoms with Crippen molar-refractivity contribution in [1.29, 1.82) is 0 Å². The van der Waals surface area contributed by atoms with Crippen molar-refractivity contribution in [3.8, 4) is 28.5 Å². The van der Waals surface area contributed by atoms with Crippen LogP contribution in [0.5, 0.6) is 5.88 Å². The minimum absolute atomic E-state index is 0.182. The van der Waals surface area contributed by atoms with E-state index in [9.17, 15) is 14.3 Å². The van der Waals surface area contributed by atoms with Gasteiger partial charge in [0.15, 0.2) is 5.82 Å². The van der Waals surface area contributed by atoms with Gasteiger partial charge in [0, 0.05) is 30.4 Å². The zero-order valence-corrected chi connectivity index (χ0v) is 16.6. The van der Waals surface area contributed by atoms with Gasteiger partial charge in [-0.25, -0.2) is 4.98 Å². The minimum atomic E-state index is -0.514. The van der Waals surface area contributed by atoms with Crippen molar-refractivity contribution < 1.29 is 9.50 Å². The average molecular weight is 405 g/mol. The van der Waals surface area contributed by atoms with Crippen LogP contribution in [0.1, 0.15) is 23.7 Å². The van der Waals surface area contributed by atoms with Crippen molar-refractivity contribution in [2.75, 3.05) is 0 Å². The number of nitrogens with one attached hydrogen (secondary N) is 1. The lowest BCUT2D eigenvalue weighted by Gasteiger charge is -2.08. The molecule has 0 aliphatic heterocycles. The van der Waals surface area contributed by atoms with Crippen molar-refractivity contribution in [2.45, 2.75) is 26.8 Å². The molecular formula is C22H20FN5O2. The molecule has 2 N–H and O–H groups in total. The first-order chi connectivity index (χ1) is 14.4. The predicted molar refractivity (Wildman–Crippen MR) is 111 cm³/mol. The molecule has 4 aromatic rings. The van der Waals surface area contributed by atoms with Crippen LogP contribution in [0.25, 0.3) is 22.6 Å². The Morgan fingerprint density at radius 2 is 1.87 bits per heavy atom. The van der Waals surface area contributed by atoms with Crippen LogP contribution in [0.3, 0.4) is 0 Å². The fourth-order valence-corrected chi connectivity index (χ4v) is 3.27. The zero-order valence-electron chi connectivity index (χ0n) is 16.6. The Labute approximate surface area is 171 Å². The lowest BCUT2D eigenvalue weighted by atomic mass is 10.0. The number of pyridine rings is 1. The number of halogens is 1. The van der Waals surface area contributed by atoms with Gasteiger partial charge in [-0.05, 0) is 43.2 Å². The summed E-state index contributed by atoms with van der Waals surface area (Å²) in [6.45, 7) is 4.39. The second kappa shape index (κ2) is 7.90. The van der Waals surface area contributed by atoms with Gasteiger partial charge in [-0.1, -0.05) is 24.3 Å². The van der Waals surface area contributed by atoms with Crippen molar-refractivity contribution in [3.63, 3.8) is 0 Å². The van der Waals surface area contributed by atoms with Gasteiger partial charge >= 0.3 is 0 Å². The maximum atomic E-state index is 13.2. The molecule has 0 aliphatic rings. The number of H-pyrrole nitrogens is 1. The second-order valence-corrected chi connectivity index (χ2v) is 6.91. The fraction of sp³-hybridized carbons (Fsp3) is 0.182. The summed E-state index contributed by atoms with van der Waals surface area (Å²) < 4.78 is 14.9. The number of aryl methyl sites for hydroxylation is 2. The van der Waals surface area contributed by atoms with Crippen molar-refractivity contribution in [3.05, 3.63) is 81.8 Å². The summed E-state index contributed by atoms with van der Waals surface area (Å²) in [4.78, 5) is 23.2. The lowest BCUT2D eigenvalue weighted by molar-refractivity contribution is 0.445. The molecule has 0 spiro atoms. The number of aromatic nitrogens is 5. The highest BCUT2D eigenvalue weighted by molar-refractivity contribution is 5.65. The molecule has 0 radical (unpaired) electrons. The van der Waals surface area contributed by atoms with Crippen LogP contribution >= 0.6 is 0 Å². The molecule has 0 aliphatic carbocycles. The van der Waals surface area contributed by atoms with E-state index in [1.54, 1.807) is 29.9 Å². The molecule has 1 aromatic carbocycles. The molecule has 0 atom stereocenters. The van der Waals surface area contributed by atoms with Gasteiger partial charge < -0.3 is 10.1 Å². The summed E-state index contributed by atoms with van der Waals surface area (Å²) in [7, 11) is 0. The molecule has 152 valence electrons. The summed E-state index contributed by atoms with van der Waals surface area (Å²) in [5, 5.41) is 14.6. The number of aromatic amines is 1. The van der Waals surface area contributed by atoms with Crippen molar-refractivity contribution in [1.82, 2.24) is 24.7 Å². The van der Waals surface area contributed by atoms with Crippen molar-refractivity contribution in [2.24, 2.45) is 0 Å². The van der Waals surface area contributed by atoms with Gasteiger partial charge in [0.1, 0.15) is 5.69 Å². The summed E-state index contributed by atoms with van der Waals surface area (Å²) in [6, 6.07) is 12.2. The third kappa shape index (κ3) is 3.84. The Kier molecular flexibility index (Phi) is 5.14. The molecule has 3 heterocycles. The summed E-state index contributed by atoms with van der Waals surface area (Å²) in [5.41, 5.74) is 3.41. The van der Waals surface area contributed by atoms with Crippen LogP contribution in [0.15, 0.2) is 53.5 Å². The smallest absolute Gasteiger partial charge is 0.258 e. The topological polar surface area (TPSA) is 96.7 Å². The quantitative estimate of drug-likeness (QED) is 0.496. The Balaban J connectivity index is 1.59. The largest absolute Gasteiger partial charge is 0.493 e. The molecule has 0 unspecified atom stereocenters. The van der Waals surface area contributed by atoms with Crippen LogP contribution in [0.2, 0.25) is 0 Å². The minimum Gasteiger partial charge on any atom is -0.493 e. The summed E-state index contributed by atoms with van der Waals surface area (Å²) in [5.74, 6) is -0.606. The highest BCUT2D eigenvalue weighted by atomic mass is 19.1. The molecule has 0 bridgehead atoms. The molecule has 0 saturated heterocycles. The highest BCUT2D eigenvalue weighted by Gasteiger charge is 2.14. The number of hydrogen-bond donors (Lipinski definition) is 2. The molecule has 0 amide bonds. The normalized spacial score (nSPS) is 11.0. The van der Waals surface area contributed by atoms with Crippen LogP contribution in [0.4, 0.5) is 4.39 Å². The number of benzene rings is 1. The molecule has 0 saturated carbocycles. The van der Waals surface area contributed by atoms with Crippen LogP contribution in [-0.4, -0.2) is 29.8 Å². The Morgan fingerprint density at radius 1 is 1.10 bits per heavy atom. The Morgan fingerprint density at radius 3 is 2.50 bits per heavy atom. The van der Waals surface area contributed by atoms with E-state index in [4.69, 9.17) is 0 Å². The first-order valence-electron chi connectivity index (χ1n) is 9.53. The standard InChI is InChI=1S/C22H20FN5O2/c1-3-28-11-10-18(27-28)20-25-21(29)17(22(30)26-20)12-14-4-6-15(7-5-14)16-8-9-19(23)24-13(16)2/h4-11H,3,12H2,1-2H3,(H2,25,26,29,30). The van der Waals surface area contributed by atoms with Crippen LogP contribution < -0.4 is 5.56 Å². The summed E-state index contributed by atoms with van der Waals surface area (Å²) >= 11 is 0. The van der Waals surface area contributed by atoms with E-state index >= 15 is 0 Å². The van der Waals surface area contributed by atoms with E-state index in [0.717, 1.165) is 16.7 Å². The molecule has 0 fully saturated rings. The second-order valence-electron chi connectivity index (χ2n) is 6.91. The molecule has 3 aromatic heterocycles. The highest BCUT2D eigenvalue weighted by Crippen LogP contribution is 2.24. The number of nitrogens with zero attached hydrogens (tertiary/aromatic N) is 4. The first kappa shape index (κ1) is 19.5. The average Bonchev–Trinajstić information content (AvgIpc) is 3.21. The maximum Gasteiger partial charge on any atom is 0.258 e. The van der Waals surface area contributed by atoms with Gasteiger partial charge in [-0.3, -0.25) is 9.48 Å². The van der Waals surface area contributed by atoms with E-state index in [1.807, 2.05) is 31.2 Å². The van der Waals surface area contributed by atoms with E-state index in [2.05, 4.69) is 20.1 Å². The monoisotopic (exact) mass is 405 g/mol. The summed E-state index contributed by atoms with van der Waals surface area (Å²) in [6.07, 6.45) is 2.00. The van der Waals surface area contributed by atoms with Crippen LogP contribution in [0, 0.1) is 12.9 Å². The first-order valence-corrected chi connectivity index (χ1v) is 9.53. The fourth-order valence-electron chi connectivity index (χ4n) is 3.27. The third-order valence-electron chi connectivity index (χ3n) is 4.90. The van der Waals surface area contributed by atoms with E-state index in [0.29, 0.717) is 17.9 Å². The number of aromatic hydroxyl groups is 1. The number of hydrogen-bond acceptors (Lipinski definition) is 5. The van der Waals surface area contributed by atoms with Gasteiger partial charge in [-0.15, -0.1) is 0 Å². The lowest BCUT2D eigenvalue weighted by Crippen LogP contribution is -2.16. The molecule has 8 heteroatoms. The molecule has 7 nitrogen and oxygen atoms in total. The van der Waals surface area contributed by atoms with Crippen molar-refractivity contribution >= 4 is 0 Å². The van der Waals surface area contributed by atoms with Crippen LogP contribution in [-0.2, 0) is 13.0 Å². The zero-order chi connectivity index (χ0) is 21.3. The maximum absolute atomic E-state index is 13.2. The molecule has 30 heavy (non-hydrogen) atoms. The molecular weight excluding hydrogens is 385 g/mol. The van der Waals surface area contributed by atoms with E-state index < -0.39 is 11.5 Å².